The highest BCUT2D eigenvalue weighted by Crippen LogP contribution is 2.23. The van der Waals surface area contributed by atoms with E-state index in [1.165, 1.54) is 0 Å². The number of rotatable bonds is 5. The first-order valence-corrected chi connectivity index (χ1v) is 6.66. The van der Waals surface area contributed by atoms with E-state index in [1.54, 1.807) is 6.26 Å². The molecule has 0 amide bonds. The fourth-order valence-corrected chi connectivity index (χ4v) is 2.50. The van der Waals surface area contributed by atoms with Gasteiger partial charge >= 0.3 is 0 Å². The summed E-state index contributed by atoms with van der Waals surface area (Å²) in [6, 6.07) is 1.98. The molecule has 0 aromatic carbocycles. The summed E-state index contributed by atoms with van der Waals surface area (Å²) in [5, 5.41) is 3.09. The van der Waals surface area contributed by atoms with E-state index < -0.39 is 0 Å². The zero-order chi connectivity index (χ0) is 13.0. The Hall–Kier alpha value is -0.840. The third kappa shape index (κ3) is 3.57. The molecular formula is C14H23NO3. The van der Waals surface area contributed by atoms with Crippen molar-refractivity contribution in [2.24, 2.45) is 0 Å². The van der Waals surface area contributed by atoms with Gasteiger partial charge in [0.25, 0.3) is 0 Å². The van der Waals surface area contributed by atoms with Crippen molar-refractivity contribution in [1.29, 1.82) is 0 Å². The summed E-state index contributed by atoms with van der Waals surface area (Å²) >= 11 is 0. The molecular weight excluding hydrogens is 230 g/mol. The normalized spacial score (nSPS) is 28.5. The van der Waals surface area contributed by atoms with Gasteiger partial charge in [-0.1, -0.05) is 0 Å². The fourth-order valence-electron chi connectivity index (χ4n) is 2.50. The molecule has 2 unspecified atom stereocenters. The van der Waals surface area contributed by atoms with Crippen molar-refractivity contribution < 1.29 is 13.9 Å². The topological polar surface area (TPSA) is 43.6 Å². The summed E-state index contributed by atoms with van der Waals surface area (Å²) < 4.78 is 17.1. The van der Waals surface area contributed by atoms with Crippen LogP contribution in [0.25, 0.3) is 0 Å². The standard InChI is InChI=1S/C14H23NO3/c1-10-6-13(7-11(2)18-10)17-9-12-4-5-16-14(12)8-15-3/h4-5,10-11,13,15H,6-9H2,1-3H3. The van der Waals surface area contributed by atoms with Crippen LogP contribution in [0.3, 0.4) is 0 Å². The maximum absolute atomic E-state index is 5.99. The number of ether oxygens (including phenoxy) is 2. The highest BCUT2D eigenvalue weighted by Gasteiger charge is 2.25. The van der Waals surface area contributed by atoms with Crippen LogP contribution in [0, 0.1) is 0 Å². The molecule has 1 fully saturated rings. The maximum Gasteiger partial charge on any atom is 0.123 e. The third-order valence-corrected chi connectivity index (χ3v) is 3.30. The van der Waals surface area contributed by atoms with E-state index in [9.17, 15) is 0 Å². The van der Waals surface area contributed by atoms with Gasteiger partial charge < -0.3 is 19.2 Å². The number of hydrogen-bond donors (Lipinski definition) is 1. The Kier molecular flexibility index (Phi) is 4.80. The first-order valence-electron chi connectivity index (χ1n) is 6.66. The van der Waals surface area contributed by atoms with Crippen molar-refractivity contribution in [3.8, 4) is 0 Å². The van der Waals surface area contributed by atoms with Crippen molar-refractivity contribution >= 4 is 0 Å². The van der Waals surface area contributed by atoms with Crippen LogP contribution in [0.2, 0.25) is 0 Å². The second-order valence-electron chi connectivity index (χ2n) is 5.06. The highest BCUT2D eigenvalue weighted by molar-refractivity contribution is 5.15. The van der Waals surface area contributed by atoms with E-state index in [0.717, 1.165) is 30.7 Å². The van der Waals surface area contributed by atoms with Crippen LogP contribution in [0.15, 0.2) is 16.7 Å². The molecule has 1 N–H and O–H groups in total. The Morgan fingerprint density at radius 2 is 2.06 bits per heavy atom. The first-order chi connectivity index (χ1) is 8.69. The zero-order valence-electron chi connectivity index (χ0n) is 11.4. The van der Waals surface area contributed by atoms with Gasteiger partial charge in [-0.25, -0.2) is 0 Å². The molecule has 2 rings (SSSR count). The maximum atomic E-state index is 5.99. The second kappa shape index (κ2) is 6.36. The molecule has 102 valence electrons. The zero-order valence-corrected chi connectivity index (χ0v) is 11.4. The minimum Gasteiger partial charge on any atom is -0.468 e. The first kappa shape index (κ1) is 13.6. The van der Waals surface area contributed by atoms with Crippen molar-refractivity contribution in [3.63, 3.8) is 0 Å². The van der Waals surface area contributed by atoms with Crippen LogP contribution >= 0.6 is 0 Å². The molecule has 0 bridgehead atoms. The molecule has 2 heterocycles. The van der Waals surface area contributed by atoms with Gasteiger partial charge in [0.05, 0.1) is 37.7 Å². The summed E-state index contributed by atoms with van der Waals surface area (Å²) in [6.45, 7) is 5.58. The summed E-state index contributed by atoms with van der Waals surface area (Å²) in [5.74, 6) is 0.964. The molecule has 0 aliphatic carbocycles. The van der Waals surface area contributed by atoms with E-state index in [-0.39, 0.29) is 0 Å². The van der Waals surface area contributed by atoms with Crippen LogP contribution in [-0.4, -0.2) is 25.4 Å². The monoisotopic (exact) mass is 253 g/mol. The van der Waals surface area contributed by atoms with Gasteiger partial charge in [0.1, 0.15) is 5.76 Å². The second-order valence-corrected chi connectivity index (χ2v) is 5.06. The van der Waals surface area contributed by atoms with Crippen LogP contribution < -0.4 is 5.32 Å². The molecule has 0 saturated carbocycles. The molecule has 18 heavy (non-hydrogen) atoms. The van der Waals surface area contributed by atoms with Gasteiger partial charge in [0, 0.05) is 5.56 Å². The lowest BCUT2D eigenvalue weighted by atomic mass is 10.0. The molecule has 1 aromatic rings. The summed E-state index contributed by atoms with van der Waals surface area (Å²) in [7, 11) is 1.91. The van der Waals surface area contributed by atoms with Gasteiger partial charge in [0.2, 0.25) is 0 Å². The van der Waals surface area contributed by atoms with Gasteiger partial charge in [-0.15, -0.1) is 0 Å². The van der Waals surface area contributed by atoms with Crippen molar-refractivity contribution in [2.75, 3.05) is 7.05 Å². The molecule has 1 aromatic heterocycles. The summed E-state index contributed by atoms with van der Waals surface area (Å²) in [6.07, 6.45) is 4.55. The Balaban J connectivity index is 1.85. The molecule has 1 aliphatic heterocycles. The summed E-state index contributed by atoms with van der Waals surface area (Å²) in [5.41, 5.74) is 1.14. The molecule has 0 radical (unpaired) electrons. The SMILES string of the molecule is CNCc1occc1COC1CC(C)OC(C)C1. The Morgan fingerprint density at radius 1 is 1.33 bits per heavy atom. The quantitative estimate of drug-likeness (QED) is 0.875. The highest BCUT2D eigenvalue weighted by atomic mass is 16.5. The van der Waals surface area contributed by atoms with Crippen LogP contribution in [0.1, 0.15) is 38.0 Å². The Labute approximate surface area is 109 Å². The molecule has 4 heteroatoms. The lowest BCUT2D eigenvalue weighted by Crippen LogP contribution is -2.34. The van der Waals surface area contributed by atoms with E-state index in [2.05, 4.69) is 19.2 Å². The van der Waals surface area contributed by atoms with Gasteiger partial charge in [-0.3, -0.25) is 0 Å². The van der Waals surface area contributed by atoms with Crippen LogP contribution in [-0.2, 0) is 22.6 Å². The average molecular weight is 253 g/mol. The minimum atomic E-state index is 0.292. The van der Waals surface area contributed by atoms with E-state index >= 15 is 0 Å². The lowest BCUT2D eigenvalue weighted by molar-refractivity contribution is -0.106. The molecule has 4 nitrogen and oxygen atoms in total. The van der Waals surface area contributed by atoms with Crippen molar-refractivity contribution in [3.05, 3.63) is 23.7 Å². The van der Waals surface area contributed by atoms with Crippen molar-refractivity contribution in [1.82, 2.24) is 5.32 Å². The third-order valence-electron chi connectivity index (χ3n) is 3.30. The van der Waals surface area contributed by atoms with E-state index in [0.29, 0.717) is 24.9 Å². The summed E-state index contributed by atoms with van der Waals surface area (Å²) in [4.78, 5) is 0. The Morgan fingerprint density at radius 3 is 2.72 bits per heavy atom. The predicted octanol–water partition coefficient (Wildman–Crippen LogP) is 2.47. The van der Waals surface area contributed by atoms with Crippen LogP contribution in [0.4, 0.5) is 0 Å². The molecule has 2 atom stereocenters. The molecule has 1 aliphatic rings. The fraction of sp³-hybridized carbons (Fsp3) is 0.714. The van der Waals surface area contributed by atoms with Gasteiger partial charge in [0.15, 0.2) is 0 Å². The molecule has 1 saturated heterocycles. The Bertz CT molecular complexity index is 354. The average Bonchev–Trinajstić information content (AvgIpc) is 2.73. The smallest absolute Gasteiger partial charge is 0.123 e. The number of hydrogen-bond acceptors (Lipinski definition) is 4. The minimum absolute atomic E-state index is 0.292. The van der Waals surface area contributed by atoms with Gasteiger partial charge in [-0.05, 0) is 39.8 Å². The van der Waals surface area contributed by atoms with Crippen LogP contribution in [0.5, 0.6) is 0 Å². The lowest BCUT2D eigenvalue weighted by Gasteiger charge is -2.31. The van der Waals surface area contributed by atoms with Crippen molar-refractivity contribution in [2.45, 2.75) is 58.2 Å². The molecule has 0 spiro atoms. The van der Waals surface area contributed by atoms with E-state index in [4.69, 9.17) is 13.9 Å². The predicted molar refractivity (Wildman–Crippen MR) is 69.3 cm³/mol. The van der Waals surface area contributed by atoms with Gasteiger partial charge in [-0.2, -0.15) is 0 Å². The number of furan rings is 1. The number of nitrogens with one attached hydrogen (secondary N) is 1. The largest absolute Gasteiger partial charge is 0.468 e. The van der Waals surface area contributed by atoms with E-state index in [1.807, 2.05) is 13.1 Å².